The minimum atomic E-state index is -4.82. The molecule has 1 saturated heterocycles. The van der Waals surface area contributed by atoms with Crippen molar-refractivity contribution in [1.82, 2.24) is 19.7 Å². The topological polar surface area (TPSA) is 202 Å². The molecule has 2 aromatic rings. The molecule has 0 unspecified atom stereocenters. The van der Waals surface area contributed by atoms with Crippen LogP contribution in [-0.2, 0) is 18.8 Å². The number of rotatable bonds is 11. The van der Waals surface area contributed by atoms with Crippen LogP contribution in [0.1, 0.15) is 38.8 Å². The van der Waals surface area contributed by atoms with Gasteiger partial charge in [0, 0.05) is 6.04 Å². The van der Waals surface area contributed by atoms with Crippen LogP contribution in [0.3, 0.4) is 0 Å². The molecule has 36 heavy (non-hydrogen) atoms. The SMILES string of the molecule is C[C@@](COCCO)(OC[C@H]1O[C@@H](n2ncc3c(NC4CCCC4)nc(Cl)nc32)[C@H](O)[C@@H]1O)P(=O)(O)O. The van der Waals surface area contributed by atoms with E-state index in [1.165, 1.54) is 10.9 Å². The fourth-order valence-corrected chi connectivity index (χ4v) is 4.99. The Labute approximate surface area is 211 Å². The lowest BCUT2D eigenvalue weighted by Crippen LogP contribution is -2.40. The maximum absolute atomic E-state index is 12.0. The number of nitrogens with zero attached hydrogens (tertiary/aromatic N) is 4. The first-order valence-corrected chi connectivity index (χ1v) is 13.6. The fourth-order valence-electron chi connectivity index (χ4n) is 4.33. The zero-order valence-electron chi connectivity index (χ0n) is 19.6. The second-order valence-corrected chi connectivity index (χ2v) is 11.5. The van der Waals surface area contributed by atoms with Crippen molar-refractivity contribution in [3.05, 3.63) is 11.5 Å². The normalized spacial score (nSPS) is 27.1. The first kappa shape index (κ1) is 27.6. The van der Waals surface area contributed by atoms with Gasteiger partial charge in [0.15, 0.2) is 17.2 Å². The van der Waals surface area contributed by atoms with E-state index < -0.39 is 50.7 Å². The van der Waals surface area contributed by atoms with E-state index in [-0.39, 0.29) is 30.2 Å². The third-order valence-electron chi connectivity index (χ3n) is 6.48. The summed E-state index contributed by atoms with van der Waals surface area (Å²) in [7, 11) is -4.82. The van der Waals surface area contributed by atoms with Gasteiger partial charge in [-0.05, 0) is 31.4 Å². The second kappa shape index (κ2) is 11.1. The lowest BCUT2D eigenvalue weighted by Gasteiger charge is -2.31. The highest BCUT2D eigenvalue weighted by Crippen LogP contribution is 2.51. The van der Waals surface area contributed by atoms with Gasteiger partial charge in [0.05, 0.1) is 38.0 Å². The first-order chi connectivity index (χ1) is 17.0. The van der Waals surface area contributed by atoms with Crippen LogP contribution >= 0.6 is 19.2 Å². The molecule has 0 radical (unpaired) electrons. The molecule has 14 nitrogen and oxygen atoms in total. The predicted octanol–water partition coefficient (Wildman–Crippen LogP) is 0.373. The third-order valence-corrected chi connectivity index (χ3v) is 8.14. The van der Waals surface area contributed by atoms with E-state index >= 15 is 0 Å². The molecule has 1 aliphatic heterocycles. The molecule has 5 atom stereocenters. The van der Waals surface area contributed by atoms with E-state index in [9.17, 15) is 24.6 Å². The number of aromatic nitrogens is 4. The van der Waals surface area contributed by atoms with Gasteiger partial charge >= 0.3 is 7.60 Å². The number of aliphatic hydroxyl groups excluding tert-OH is 3. The standard InChI is InChI=1S/C20H31ClN5O9P/c1-20(36(30,31)32,10-33-7-6-27)34-9-13-14(28)15(29)18(35-13)26-17-12(8-22-26)16(24-19(21)25-17)23-11-4-2-3-5-11/h8,11,13-15,18,27-29H,2-7,9-10H2,1H3,(H,23,24,25)(H2,30,31,32)/t13-,14-,15-,18-,20-/m1/s1. The number of hydrogen-bond donors (Lipinski definition) is 6. The van der Waals surface area contributed by atoms with Gasteiger partial charge in [0.25, 0.3) is 0 Å². The van der Waals surface area contributed by atoms with Crippen molar-refractivity contribution in [2.75, 3.05) is 31.7 Å². The van der Waals surface area contributed by atoms with Gasteiger partial charge in [-0.1, -0.05) is 12.8 Å². The smallest absolute Gasteiger partial charge is 0.359 e. The van der Waals surface area contributed by atoms with Crippen LogP contribution in [0.2, 0.25) is 5.28 Å². The maximum atomic E-state index is 12.0. The molecule has 16 heteroatoms. The molecular formula is C20H31ClN5O9P. The summed E-state index contributed by atoms with van der Waals surface area (Å²) in [5.74, 6) is 0.511. The summed E-state index contributed by atoms with van der Waals surface area (Å²) in [5.41, 5.74) is 0.283. The second-order valence-electron chi connectivity index (χ2n) is 9.15. The fraction of sp³-hybridized carbons (Fsp3) is 0.750. The summed E-state index contributed by atoms with van der Waals surface area (Å²) in [6, 6.07) is 0.254. The summed E-state index contributed by atoms with van der Waals surface area (Å²) in [6.45, 7) is -0.306. The monoisotopic (exact) mass is 551 g/mol. The van der Waals surface area contributed by atoms with Crippen LogP contribution in [0.25, 0.3) is 11.0 Å². The number of aliphatic hydroxyl groups is 3. The molecule has 0 spiro atoms. The lowest BCUT2D eigenvalue weighted by molar-refractivity contribution is -0.112. The van der Waals surface area contributed by atoms with E-state index in [1.807, 2.05) is 0 Å². The van der Waals surface area contributed by atoms with Gasteiger partial charge in [0.2, 0.25) is 5.28 Å². The predicted molar refractivity (Wildman–Crippen MR) is 126 cm³/mol. The van der Waals surface area contributed by atoms with Gasteiger partial charge in [-0.2, -0.15) is 15.1 Å². The Kier molecular flexibility index (Phi) is 8.52. The Balaban J connectivity index is 1.51. The lowest BCUT2D eigenvalue weighted by atomic mass is 10.1. The molecule has 6 N–H and O–H groups in total. The highest BCUT2D eigenvalue weighted by molar-refractivity contribution is 7.53. The Morgan fingerprint density at radius 3 is 2.67 bits per heavy atom. The van der Waals surface area contributed by atoms with Crippen molar-refractivity contribution < 1.29 is 43.9 Å². The average molecular weight is 552 g/mol. The minimum Gasteiger partial charge on any atom is -0.394 e. The molecule has 202 valence electrons. The average Bonchev–Trinajstić information content (AvgIpc) is 3.53. The first-order valence-electron chi connectivity index (χ1n) is 11.6. The summed E-state index contributed by atoms with van der Waals surface area (Å²) < 4.78 is 29.6. The van der Waals surface area contributed by atoms with Gasteiger partial charge < -0.3 is 44.6 Å². The van der Waals surface area contributed by atoms with Crippen molar-refractivity contribution in [3.63, 3.8) is 0 Å². The molecule has 2 aromatic heterocycles. The number of halogens is 1. The van der Waals surface area contributed by atoms with Gasteiger partial charge in [-0.15, -0.1) is 0 Å². The van der Waals surface area contributed by atoms with Gasteiger partial charge in [-0.3, -0.25) is 4.57 Å². The Morgan fingerprint density at radius 1 is 1.28 bits per heavy atom. The van der Waals surface area contributed by atoms with Gasteiger partial charge in [-0.25, -0.2) is 4.68 Å². The number of hydrogen-bond acceptors (Lipinski definition) is 11. The van der Waals surface area contributed by atoms with Crippen LogP contribution in [0.4, 0.5) is 5.82 Å². The van der Waals surface area contributed by atoms with Crippen LogP contribution in [0.5, 0.6) is 0 Å². The van der Waals surface area contributed by atoms with E-state index in [0.29, 0.717) is 11.2 Å². The van der Waals surface area contributed by atoms with E-state index in [1.54, 1.807) is 0 Å². The highest BCUT2D eigenvalue weighted by atomic mass is 35.5. The Hall–Kier alpha value is -1.45. The zero-order valence-corrected chi connectivity index (χ0v) is 21.3. The van der Waals surface area contributed by atoms with Crippen LogP contribution in [-0.4, -0.2) is 101 Å². The molecule has 1 aliphatic carbocycles. The number of anilines is 1. The molecule has 2 fully saturated rings. The minimum absolute atomic E-state index is 0.0297. The van der Waals surface area contributed by atoms with E-state index in [4.69, 9.17) is 30.9 Å². The maximum Gasteiger partial charge on any atom is 0.359 e. The van der Waals surface area contributed by atoms with E-state index in [2.05, 4.69) is 20.4 Å². The largest absolute Gasteiger partial charge is 0.394 e. The summed E-state index contributed by atoms with van der Waals surface area (Å²) >= 11 is 6.16. The molecule has 3 heterocycles. The van der Waals surface area contributed by atoms with Crippen LogP contribution in [0, 0.1) is 0 Å². The molecule has 0 aromatic carbocycles. The Morgan fingerprint density at radius 2 is 2.00 bits per heavy atom. The molecule has 0 amide bonds. The molecular weight excluding hydrogens is 521 g/mol. The molecule has 1 saturated carbocycles. The van der Waals surface area contributed by atoms with Crippen molar-refractivity contribution in [2.45, 2.75) is 68.5 Å². The molecule has 2 aliphatic rings. The van der Waals surface area contributed by atoms with Crippen LogP contribution in [0.15, 0.2) is 6.20 Å². The van der Waals surface area contributed by atoms with Crippen LogP contribution < -0.4 is 5.32 Å². The summed E-state index contributed by atoms with van der Waals surface area (Å²) in [5, 5.41) is 36.3. The van der Waals surface area contributed by atoms with E-state index in [0.717, 1.165) is 32.6 Å². The molecule has 0 bridgehead atoms. The third kappa shape index (κ3) is 5.68. The van der Waals surface area contributed by atoms with Crippen molar-refractivity contribution >= 4 is 36.0 Å². The van der Waals surface area contributed by atoms with Gasteiger partial charge in [0.1, 0.15) is 24.1 Å². The van der Waals surface area contributed by atoms with Crippen molar-refractivity contribution in [1.29, 1.82) is 0 Å². The number of ether oxygens (including phenoxy) is 3. The quantitative estimate of drug-likeness (QED) is 0.127. The highest BCUT2D eigenvalue weighted by Gasteiger charge is 2.49. The summed E-state index contributed by atoms with van der Waals surface area (Å²) in [6.07, 6.45) is 0.537. The van der Waals surface area contributed by atoms with Crippen molar-refractivity contribution in [2.24, 2.45) is 0 Å². The zero-order chi connectivity index (χ0) is 26.1. The van der Waals surface area contributed by atoms with Crippen molar-refractivity contribution in [3.8, 4) is 0 Å². The number of nitrogens with one attached hydrogen (secondary N) is 1. The molecule has 4 rings (SSSR count). The Bertz CT molecular complexity index is 1100. The summed E-state index contributed by atoms with van der Waals surface area (Å²) in [4.78, 5) is 28.0. The number of fused-ring (bicyclic) bond motifs is 1.